The molecule has 0 aliphatic carbocycles. The van der Waals surface area contributed by atoms with Gasteiger partial charge in [0.2, 0.25) is 0 Å². The van der Waals surface area contributed by atoms with Crippen LogP contribution in [0, 0.1) is 0 Å². The number of hydrogen-bond donors (Lipinski definition) is 19. The molecule has 0 bridgehead atoms. The van der Waals surface area contributed by atoms with E-state index in [-0.39, 0.29) is 0 Å². The SMILES string of the molecule is CO[C@H]1O[C@H](CO[C@@H]2O[C@H](CO[C@@H]3O[C@H](CO[C@@H]4O[C@H](COC5O[C@H](CO[C@@H]6O[C@H](C(=O)O)[C@@H](O)[C@H](O)[C@H]6O)[C@@H](O)C(O)[C@H]5O)[C@@H](O)[C@H](O)[C@H]4O)[C@@H](O)[C@H](O)[C@H]3O)[C@@H](O)[C@H](O)[C@H]2O)[C@@H](O)C(O)[C@H]1O. The van der Waals surface area contributed by atoms with E-state index in [1.807, 2.05) is 0 Å². The van der Waals surface area contributed by atoms with Crippen molar-refractivity contribution in [2.45, 2.75) is 184 Å². The van der Waals surface area contributed by atoms with Crippen LogP contribution in [-0.4, -0.2) is 327 Å². The lowest BCUT2D eigenvalue weighted by molar-refractivity contribution is -0.352. The molecule has 6 rings (SSSR count). The minimum atomic E-state index is -2.04. The van der Waals surface area contributed by atoms with Crippen molar-refractivity contribution in [3.05, 3.63) is 0 Å². The lowest BCUT2D eigenvalue weighted by Crippen LogP contribution is -2.63. The first kappa shape index (κ1) is 56.6. The van der Waals surface area contributed by atoms with E-state index in [1.54, 1.807) is 0 Å². The number of aliphatic hydroxyl groups excluding tert-OH is 18. The lowest BCUT2D eigenvalue weighted by atomic mass is 9.97. The summed E-state index contributed by atoms with van der Waals surface area (Å²) in [6.07, 6.45) is -55.1. The van der Waals surface area contributed by atoms with Gasteiger partial charge in [0.25, 0.3) is 0 Å². The summed E-state index contributed by atoms with van der Waals surface area (Å²) in [5, 5.41) is 197. The summed E-state index contributed by atoms with van der Waals surface area (Å²) >= 11 is 0. The van der Waals surface area contributed by atoms with Crippen LogP contribution in [0.25, 0.3) is 0 Å². The first-order chi connectivity index (χ1) is 32.5. The number of carboxylic acid groups (broad SMARTS) is 1. The van der Waals surface area contributed by atoms with Crippen molar-refractivity contribution in [3.8, 4) is 0 Å². The van der Waals surface area contributed by atoms with Crippen molar-refractivity contribution >= 4 is 5.97 Å². The normalized spacial score (nSPS) is 52.1. The highest BCUT2D eigenvalue weighted by atomic mass is 16.8. The topological polar surface area (TPSA) is 512 Å². The maximum absolute atomic E-state index is 11.4. The second-order valence-electron chi connectivity index (χ2n) is 17.2. The Kier molecular flexibility index (Phi) is 19.7. The Hall–Kier alpha value is -1.73. The number of methoxy groups -OCH3 is 1. The second-order valence-corrected chi connectivity index (χ2v) is 17.2. The molecular formula is C37H62O32. The number of carboxylic acids is 1. The van der Waals surface area contributed by atoms with Gasteiger partial charge in [0.1, 0.15) is 140 Å². The summed E-state index contributed by atoms with van der Waals surface area (Å²) in [5.41, 5.74) is 0. The van der Waals surface area contributed by atoms with E-state index in [2.05, 4.69) is 0 Å². The molecular weight excluding hydrogens is 956 g/mol. The Morgan fingerprint density at radius 2 is 0.507 bits per heavy atom. The van der Waals surface area contributed by atoms with Crippen LogP contribution in [0.1, 0.15) is 0 Å². The van der Waals surface area contributed by atoms with Crippen LogP contribution in [0.5, 0.6) is 0 Å². The van der Waals surface area contributed by atoms with Crippen molar-refractivity contribution in [2.24, 2.45) is 0 Å². The summed E-state index contributed by atoms with van der Waals surface area (Å²) in [7, 11) is 1.16. The van der Waals surface area contributed by atoms with Gasteiger partial charge in [-0.2, -0.15) is 0 Å². The fourth-order valence-electron chi connectivity index (χ4n) is 8.16. The zero-order valence-electron chi connectivity index (χ0n) is 36.2. The highest BCUT2D eigenvalue weighted by Gasteiger charge is 2.53. The summed E-state index contributed by atoms with van der Waals surface area (Å²) < 4.78 is 64.8. The highest BCUT2D eigenvalue weighted by Crippen LogP contribution is 2.31. The van der Waals surface area contributed by atoms with E-state index in [9.17, 15) is 102 Å². The smallest absolute Gasteiger partial charge is 0.335 e. The van der Waals surface area contributed by atoms with E-state index in [4.69, 9.17) is 56.8 Å². The minimum Gasteiger partial charge on any atom is -0.479 e. The second kappa shape index (κ2) is 24.1. The fourth-order valence-corrected chi connectivity index (χ4v) is 8.16. The molecule has 3 unspecified atom stereocenters. The molecule has 6 fully saturated rings. The Morgan fingerprint density at radius 3 is 0.739 bits per heavy atom. The molecule has 0 aromatic heterocycles. The Bertz CT molecular complexity index is 1600. The molecule has 0 aromatic rings. The number of hydrogen-bond acceptors (Lipinski definition) is 31. The Balaban J connectivity index is 1.01. The molecule has 6 saturated heterocycles. The maximum atomic E-state index is 11.4. The first-order valence-corrected chi connectivity index (χ1v) is 21.5. The van der Waals surface area contributed by atoms with Crippen LogP contribution in [0.4, 0.5) is 0 Å². The van der Waals surface area contributed by atoms with Crippen LogP contribution in [0.2, 0.25) is 0 Å². The van der Waals surface area contributed by atoms with Crippen LogP contribution in [0.3, 0.4) is 0 Å². The Morgan fingerprint density at radius 1 is 0.304 bits per heavy atom. The van der Waals surface area contributed by atoms with Gasteiger partial charge in [0, 0.05) is 7.11 Å². The summed E-state index contributed by atoms with van der Waals surface area (Å²) in [6, 6.07) is 0. The first-order valence-electron chi connectivity index (χ1n) is 21.5. The molecule has 6 aliphatic rings. The zero-order valence-corrected chi connectivity index (χ0v) is 36.2. The molecule has 32 nitrogen and oxygen atoms in total. The number of rotatable bonds is 17. The number of aliphatic hydroxyl groups is 18. The van der Waals surface area contributed by atoms with E-state index < -0.39 is 223 Å². The monoisotopic (exact) mass is 1020 g/mol. The van der Waals surface area contributed by atoms with Crippen molar-refractivity contribution in [1.29, 1.82) is 0 Å². The van der Waals surface area contributed by atoms with E-state index >= 15 is 0 Å². The number of carbonyl (C=O) groups is 1. The molecule has 0 spiro atoms. The van der Waals surface area contributed by atoms with Crippen LogP contribution in [0.15, 0.2) is 0 Å². The van der Waals surface area contributed by atoms with Gasteiger partial charge in [-0.15, -0.1) is 0 Å². The third-order valence-electron chi connectivity index (χ3n) is 12.5. The van der Waals surface area contributed by atoms with Gasteiger partial charge in [-0.1, -0.05) is 0 Å². The van der Waals surface area contributed by atoms with Crippen molar-refractivity contribution in [1.82, 2.24) is 0 Å². The van der Waals surface area contributed by atoms with Crippen LogP contribution < -0.4 is 0 Å². The van der Waals surface area contributed by atoms with Gasteiger partial charge in [-0.3, -0.25) is 0 Å². The standard InChI is InChI=1S/C37H62O32/c1-58-32-24(50)17(43)12(38)7(64-32)2-59-33-25(51)18(44)13(39)8(65-33)3-60-34-26(52)19(45)14(40)9(66-34)4-61-35-27(53)20(46)15(41)10(67-35)5-62-36-28(54)21(47)16(42)11(68-36)6-63-37-29(55)22(48)23(49)30(69-37)31(56)57/h7-30,32-55H,2-6H2,1H3,(H,56,57)/t7-,8-,9-,10-,11-,12-,13-,14-,15-,16-,17?,18+,19+,20+,21?,22+,23+,24-,25-,26-,27-,28-,29-,30+,32+,33-,34-,35-,36?,37-/m1/s1. The molecule has 0 radical (unpaired) electrons. The molecule has 6 heterocycles. The predicted octanol–water partition coefficient (Wildman–Crippen LogP) is -13.4. The quantitative estimate of drug-likeness (QED) is 0.0643. The summed E-state index contributed by atoms with van der Waals surface area (Å²) in [5.74, 6) is -1.71. The molecule has 0 amide bonds. The predicted molar refractivity (Wildman–Crippen MR) is 204 cm³/mol. The maximum Gasteiger partial charge on any atom is 0.335 e. The van der Waals surface area contributed by atoms with Crippen LogP contribution >= 0.6 is 0 Å². The molecule has 19 N–H and O–H groups in total. The van der Waals surface area contributed by atoms with Crippen molar-refractivity contribution < 1.29 is 159 Å². The van der Waals surface area contributed by atoms with Gasteiger partial charge < -0.3 is 154 Å². The van der Waals surface area contributed by atoms with Gasteiger partial charge >= 0.3 is 5.97 Å². The third-order valence-corrected chi connectivity index (χ3v) is 12.5. The molecule has 402 valence electrons. The van der Waals surface area contributed by atoms with Gasteiger partial charge in [-0.05, 0) is 0 Å². The van der Waals surface area contributed by atoms with Crippen LogP contribution in [-0.2, 0) is 61.6 Å². The average molecular weight is 1020 g/mol. The molecule has 69 heavy (non-hydrogen) atoms. The fraction of sp³-hybridized carbons (Fsp3) is 0.973. The van der Waals surface area contributed by atoms with E-state index in [0.29, 0.717) is 0 Å². The van der Waals surface area contributed by atoms with E-state index in [1.165, 1.54) is 0 Å². The Labute approximate surface area is 388 Å². The summed E-state index contributed by atoms with van der Waals surface area (Å²) in [4.78, 5) is 11.4. The third kappa shape index (κ3) is 12.3. The van der Waals surface area contributed by atoms with Gasteiger partial charge in [0.05, 0.1) is 33.0 Å². The summed E-state index contributed by atoms with van der Waals surface area (Å²) in [6.45, 7) is -3.81. The number of ether oxygens (including phenoxy) is 12. The largest absolute Gasteiger partial charge is 0.479 e. The zero-order chi connectivity index (χ0) is 50.9. The number of aliphatic carboxylic acids is 1. The molecule has 0 aromatic carbocycles. The van der Waals surface area contributed by atoms with E-state index in [0.717, 1.165) is 7.11 Å². The minimum absolute atomic E-state index is 0.614. The van der Waals surface area contributed by atoms with Gasteiger partial charge in [0.15, 0.2) is 43.8 Å². The highest BCUT2D eigenvalue weighted by molar-refractivity contribution is 5.73. The lowest BCUT2D eigenvalue weighted by Gasteiger charge is -2.44. The average Bonchev–Trinajstić information content (AvgIpc) is 3.32. The van der Waals surface area contributed by atoms with Crippen molar-refractivity contribution in [3.63, 3.8) is 0 Å². The van der Waals surface area contributed by atoms with Gasteiger partial charge in [-0.25, -0.2) is 4.79 Å². The molecule has 6 aliphatic heterocycles. The molecule has 30 atom stereocenters. The molecule has 0 saturated carbocycles. The molecule has 32 heteroatoms. The van der Waals surface area contributed by atoms with Crippen molar-refractivity contribution in [2.75, 3.05) is 40.1 Å².